The van der Waals surface area contributed by atoms with Gasteiger partial charge in [-0.15, -0.1) is 0 Å². The van der Waals surface area contributed by atoms with E-state index in [1.165, 1.54) is 18.4 Å². The van der Waals surface area contributed by atoms with E-state index >= 15 is 0 Å². The van der Waals surface area contributed by atoms with E-state index in [0.717, 1.165) is 17.8 Å². The highest BCUT2D eigenvalue weighted by Crippen LogP contribution is 2.17. The maximum absolute atomic E-state index is 5.78. The van der Waals surface area contributed by atoms with Gasteiger partial charge >= 0.3 is 0 Å². The van der Waals surface area contributed by atoms with Crippen LogP contribution in [0.4, 0.5) is 11.4 Å². The Morgan fingerprint density at radius 3 is 2.58 bits per heavy atom. The van der Waals surface area contributed by atoms with E-state index in [4.69, 9.17) is 11.5 Å². The molecule has 0 bridgehead atoms. The van der Waals surface area contributed by atoms with Crippen molar-refractivity contribution in [2.75, 3.05) is 11.5 Å². The summed E-state index contributed by atoms with van der Waals surface area (Å²) in [6.07, 6.45) is 3.44. The molecule has 0 aliphatic carbocycles. The van der Waals surface area contributed by atoms with Crippen LogP contribution in [0.3, 0.4) is 0 Å². The van der Waals surface area contributed by atoms with Crippen LogP contribution in [0, 0.1) is 0 Å². The summed E-state index contributed by atoms with van der Waals surface area (Å²) in [5.74, 6) is 0. The monoisotopic (exact) mass is 164 g/mol. The molecule has 0 aliphatic rings. The molecule has 1 aromatic carbocycles. The van der Waals surface area contributed by atoms with E-state index in [9.17, 15) is 0 Å². The van der Waals surface area contributed by atoms with Crippen LogP contribution in [0.2, 0.25) is 0 Å². The van der Waals surface area contributed by atoms with E-state index in [1.54, 1.807) is 0 Å². The minimum absolute atomic E-state index is 0.743. The molecule has 0 saturated carbocycles. The van der Waals surface area contributed by atoms with Crippen LogP contribution in [0.15, 0.2) is 18.2 Å². The fraction of sp³-hybridized carbons (Fsp3) is 0.400. The normalized spacial score (nSPS) is 10.1. The van der Waals surface area contributed by atoms with Crippen molar-refractivity contribution in [3.8, 4) is 0 Å². The SMILES string of the molecule is CCCCc1ccc(N)cc1N. The molecule has 0 fully saturated rings. The molecule has 0 saturated heterocycles. The first-order valence-corrected chi connectivity index (χ1v) is 4.38. The van der Waals surface area contributed by atoms with Gasteiger partial charge in [-0.1, -0.05) is 19.4 Å². The molecule has 4 N–H and O–H groups in total. The number of aryl methyl sites for hydroxylation is 1. The van der Waals surface area contributed by atoms with Crippen molar-refractivity contribution in [1.29, 1.82) is 0 Å². The van der Waals surface area contributed by atoms with Crippen LogP contribution in [-0.4, -0.2) is 0 Å². The average Bonchev–Trinajstić information content (AvgIpc) is 2.03. The number of nitrogen functional groups attached to an aromatic ring is 2. The topological polar surface area (TPSA) is 52.0 Å². The molecule has 1 rings (SSSR count). The molecule has 0 spiro atoms. The van der Waals surface area contributed by atoms with Gasteiger partial charge in [0.1, 0.15) is 0 Å². The van der Waals surface area contributed by atoms with Crippen molar-refractivity contribution < 1.29 is 0 Å². The molecule has 12 heavy (non-hydrogen) atoms. The van der Waals surface area contributed by atoms with Crippen LogP contribution in [0.1, 0.15) is 25.3 Å². The summed E-state index contributed by atoms with van der Waals surface area (Å²) in [4.78, 5) is 0. The molecule has 0 aliphatic heterocycles. The van der Waals surface area contributed by atoms with E-state index in [1.807, 2.05) is 18.2 Å². The van der Waals surface area contributed by atoms with Gasteiger partial charge in [-0.05, 0) is 30.5 Å². The van der Waals surface area contributed by atoms with Crippen LogP contribution >= 0.6 is 0 Å². The second-order valence-electron chi connectivity index (χ2n) is 3.06. The molecule has 0 atom stereocenters. The zero-order chi connectivity index (χ0) is 8.97. The first kappa shape index (κ1) is 8.91. The van der Waals surface area contributed by atoms with Crippen LogP contribution < -0.4 is 11.5 Å². The van der Waals surface area contributed by atoms with Gasteiger partial charge in [-0.25, -0.2) is 0 Å². The van der Waals surface area contributed by atoms with Crippen molar-refractivity contribution in [2.24, 2.45) is 0 Å². The molecule has 0 heterocycles. The van der Waals surface area contributed by atoms with Gasteiger partial charge in [-0.3, -0.25) is 0 Å². The standard InChI is InChI=1S/C10H16N2/c1-2-3-4-8-5-6-9(11)7-10(8)12/h5-7H,2-4,11-12H2,1H3. The fourth-order valence-corrected chi connectivity index (χ4v) is 1.21. The van der Waals surface area contributed by atoms with E-state index < -0.39 is 0 Å². The van der Waals surface area contributed by atoms with Crippen molar-refractivity contribution >= 4 is 11.4 Å². The van der Waals surface area contributed by atoms with Crippen LogP contribution in [-0.2, 0) is 6.42 Å². The molecular weight excluding hydrogens is 148 g/mol. The average molecular weight is 164 g/mol. The third-order valence-electron chi connectivity index (χ3n) is 1.97. The Kier molecular flexibility index (Phi) is 2.97. The van der Waals surface area contributed by atoms with Crippen molar-refractivity contribution in [2.45, 2.75) is 26.2 Å². The quantitative estimate of drug-likeness (QED) is 0.673. The number of benzene rings is 1. The highest BCUT2D eigenvalue weighted by atomic mass is 14.6. The minimum Gasteiger partial charge on any atom is -0.399 e. The van der Waals surface area contributed by atoms with Gasteiger partial charge < -0.3 is 11.5 Å². The zero-order valence-electron chi connectivity index (χ0n) is 7.51. The first-order chi connectivity index (χ1) is 5.74. The third-order valence-corrected chi connectivity index (χ3v) is 1.97. The van der Waals surface area contributed by atoms with Crippen molar-refractivity contribution in [3.05, 3.63) is 23.8 Å². The molecule has 2 heteroatoms. The maximum Gasteiger partial charge on any atom is 0.0367 e. The lowest BCUT2D eigenvalue weighted by molar-refractivity contribution is 0.796. The third kappa shape index (κ3) is 2.16. The van der Waals surface area contributed by atoms with Gasteiger partial charge in [0.15, 0.2) is 0 Å². The van der Waals surface area contributed by atoms with Crippen LogP contribution in [0.25, 0.3) is 0 Å². The molecule has 2 nitrogen and oxygen atoms in total. The highest BCUT2D eigenvalue weighted by Gasteiger charge is 1.97. The number of hydrogen-bond donors (Lipinski definition) is 2. The molecule has 1 aromatic rings. The number of rotatable bonds is 3. The number of nitrogens with two attached hydrogens (primary N) is 2. The molecule has 0 unspecified atom stereocenters. The first-order valence-electron chi connectivity index (χ1n) is 4.38. The Hall–Kier alpha value is -1.18. The summed E-state index contributed by atoms with van der Waals surface area (Å²) in [6, 6.07) is 5.74. The highest BCUT2D eigenvalue weighted by molar-refractivity contribution is 5.56. The second kappa shape index (κ2) is 4.00. The van der Waals surface area contributed by atoms with Crippen molar-refractivity contribution in [1.82, 2.24) is 0 Å². The lowest BCUT2D eigenvalue weighted by atomic mass is 10.1. The number of hydrogen-bond acceptors (Lipinski definition) is 2. The van der Waals surface area contributed by atoms with E-state index in [2.05, 4.69) is 6.92 Å². The number of unbranched alkanes of at least 4 members (excludes halogenated alkanes) is 1. The smallest absolute Gasteiger partial charge is 0.0367 e. The molecular formula is C10H16N2. The number of anilines is 2. The molecule has 0 amide bonds. The Morgan fingerprint density at radius 1 is 1.25 bits per heavy atom. The van der Waals surface area contributed by atoms with Crippen LogP contribution in [0.5, 0.6) is 0 Å². The minimum atomic E-state index is 0.743. The predicted octanol–water partition coefficient (Wildman–Crippen LogP) is 2.19. The van der Waals surface area contributed by atoms with Gasteiger partial charge in [0.05, 0.1) is 0 Å². The zero-order valence-corrected chi connectivity index (χ0v) is 7.51. The van der Waals surface area contributed by atoms with Gasteiger partial charge in [-0.2, -0.15) is 0 Å². The van der Waals surface area contributed by atoms with E-state index in [0.29, 0.717) is 0 Å². The Labute approximate surface area is 73.6 Å². The van der Waals surface area contributed by atoms with E-state index in [-0.39, 0.29) is 0 Å². The lowest BCUT2D eigenvalue weighted by Gasteiger charge is -2.04. The summed E-state index contributed by atoms with van der Waals surface area (Å²) in [7, 11) is 0. The summed E-state index contributed by atoms with van der Waals surface area (Å²) >= 11 is 0. The Morgan fingerprint density at radius 2 is 2.00 bits per heavy atom. The Bertz CT molecular complexity index is 256. The van der Waals surface area contributed by atoms with Crippen molar-refractivity contribution in [3.63, 3.8) is 0 Å². The molecule has 0 aromatic heterocycles. The molecule has 0 radical (unpaired) electrons. The maximum atomic E-state index is 5.78. The lowest BCUT2D eigenvalue weighted by Crippen LogP contribution is -1.96. The largest absolute Gasteiger partial charge is 0.399 e. The van der Waals surface area contributed by atoms with Gasteiger partial charge in [0.2, 0.25) is 0 Å². The predicted molar refractivity (Wildman–Crippen MR) is 53.9 cm³/mol. The second-order valence-corrected chi connectivity index (χ2v) is 3.06. The summed E-state index contributed by atoms with van der Waals surface area (Å²) in [6.45, 7) is 2.17. The Balaban J connectivity index is 2.72. The summed E-state index contributed by atoms with van der Waals surface area (Å²) in [5, 5.41) is 0. The summed E-state index contributed by atoms with van der Waals surface area (Å²) in [5.41, 5.74) is 14.1. The summed E-state index contributed by atoms with van der Waals surface area (Å²) < 4.78 is 0. The molecule has 66 valence electrons. The van der Waals surface area contributed by atoms with Gasteiger partial charge in [0, 0.05) is 11.4 Å². The van der Waals surface area contributed by atoms with Gasteiger partial charge in [0.25, 0.3) is 0 Å². The fourth-order valence-electron chi connectivity index (χ4n) is 1.21.